The van der Waals surface area contributed by atoms with Crippen LogP contribution in [0.5, 0.6) is 5.88 Å². The first-order valence-electron chi connectivity index (χ1n) is 5.50. The van der Waals surface area contributed by atoms with Crippen LogP contribution in [0.4, 0.5) is 0 Å². The van der Waals surface area contributed by atoms with Crippen LogP contribution < -0.4 is 5.56 Å². The Morgan fingerprint density at radius 2 is 1.37 bits per heavy atom. The zero-order valence-electron chi connectivity index (χ0n) is 11.0. The SMILES string of the molecule is CN1C(=O)C(=Cc2c(O)n(C)n(C)c2=O)C(=O)N1C. The van der Waals surface area contributed by atoms with Crippen LogP contribution in [0.25, 0.3) is 6.08 Å². The van der Waals surface area contributed by atoms with E-state index in [0.29, 0.717) is 0 Å². The molecule has 19 heavy (non-hydrogen) atoms. The first kappa shape index (κ1) is 12.9. The number of rotatable bonds is 1. The molecule has 0 saturated carbocycles. The molecule has 2 amide bonds. The van der Waals surface area contributed by atoms with Crippen LogP contribution in [0.2, 0.25) is 0 Å². The summed E-state index contributed by atoms with van der Waals surface area (Å²) < 4.78 is 2.41. The molecule has 0 unspecified atom stereocenters. The molecule has 1 saturated heterocycles. The summed E-state index contributed by atoms with van der Waals surface area (Å²) in [4.78, 5) is 35.5. The minimum absolute atomic E-state index is 0.0783. The Kier molecular flexibility index (Phi) is 2.73. The molecule has 2 heterocycles. The molecule has 0 atom stereocenters. The van der Waals surface area contributed by atoms with Crippen molar-refractivity contribution in [2.75, 3.05) is 14.1 Å². The smallest absolute Gasteiger partial charge is 0.277 e. The Hall–Kier alpha value is -2.51. The third-order valence-electron chi connectivity index (χ3n) is 3.31. The number of amides is 2. The molecule has 1 aromatic heterocycles. The molecular weight excluding hydrogens is 252 g/mol. The third-order valence-corrected chi connectivity index (χ3v) is 3.31. The Balaban J connectivity index is 2.61. The van der Waals surface area contributed by atoms with Crippen LogP contribution in [0.15, 0.2) is 10.4 Å². The Morgan fingerprint density at radius 3 is 1.74 bits per heavy atom. The number of aromatic nitrogens is 2. The normalized spacial score (nSPS) is 15.7. The second-order valence-electron chi connectivity index (χ2n) is 4.31. The van der Waals surface area contributed by atoms with Gasteiger partial charge < -0.3 is 5.11 Å². The molecular formula is C11H14N4O4. The second-order valence-corrected chi connectivity index (χ2v) is 4.31. The molecule has 102 valence electrons. The summed E-state index contributed by atoms with van der Waals surface area (Å²) in [7, 11) is 5.87. The van der Waals surface area contributed by atoms with Crippen molar-refractivity contribution in [3.05, 3.63) is 21.5 Å². The van der Waals surface area contributed by atoms with Crippen molar-refractivity contribution in [2.24, 2.45) is 14.1 Å². The second kappa shape index (κ2) is 4.01. The van der Waals surface area contributed by atoms with E-state index in [4.69, 9.17) is 0 Å². The van der Waals surface area contributed by atoms with Gasteiger partial charge in [-0.25, -0.2) is 0 Å². The highest BCUT2D eigenvalue weighted by atomic mass is 16.3. The third kappa shape index (κ3) is 1.64. The summed E-state index contributed by atoms with van der Waals surface area (Å²) >= 11 is 0. The van der Waals surface area contributed by atoms with Gasteiger partial charge in [-0.05, 0) is 6.08 Å². The fraction of sp³-hybridized carbons (Fsp3) is 0.364. The van der Waals surface area contributed by atoms with Crippen molar-refractivity contribution in [1.29, 1.82) is 0 Å². The van der Waals surface area contributed by atoms with E-state index in [2.05, 4.69) is 0 Å². The summed E-state index contributed by atoms with van der Waals surface area (Å²) in [5, 5.41) is 12.1. The maximum absolute atomic E-state index is 11.9. The van der Waals surface area contributed by atoms with E-state index in [1.165, 1.54) is 37.6 Å². The number of likely N-dealkylation sites (N-methyl/N-ethyl adjacent to an activating group) is 2. The van der Waals surface area contributed by atoms with E-state index in [0.717, 1.165) is 16.1 Å². The summed E-state index contributed by atoms with van der Waals surface area (Å²) in [6, 6.07) is 0. The average molecular weight is 266 g/mol. The summed E-state index contributed by atoms with van der Waals surface area (Å²) in [5.74, 6) is -1.33. The van der Waals surface area contributed by atoms with Gasteiger partial charge in [-0.2, -0.15) is 0 Å². The predicted molar refractivity (Wildman–Crippen MR) is 65.8 cm³/mol. The van der Waals surface area contributed by atoms with E-state index in [1.807, 2.05) is 0 Å². The van der Waals surface area contributed by atoms with Gasteiger partial charge in [0.2, 0.25) is 5.88 Å². The van der Waals surface area contributed by atoms with Gasteiger partial charge in [0.1, 0.15) is 11.1 Å². The lowest BCUT2D eigenvalue weighted by Gasteiger charge is -2.16. The van der Waals surface area contributed by atoms with Crippen molar-refractivity contribution in [1.82, 2.24) is 19.4 Å². The number of hydrogen-bond donors (Lipinski definition) is 1. The lowest BCUT2D eigenvalue weighted by molar-refractivity contribution is -0.141. The number of aromatic hydroxyl groups is 1. The van der Waals surface area contributed by atoms with Crippen molar-refractivity contribution in [3.63, 3.8) is 0 Å². The highest BCUT2D eigenvalue weighted by Gasteiger charge is 2.36. The zero-order chi connectivity index (χ0) is 14.5. The molecule has 0 aliphatic carbocycles. The number of carbonyl (C=O) groups is 2. The van der Waals surface area contributed by atoms with Crippen LogP contribution in [-0.2, 0) is 23.7 Å². The first-order chi connectivity index (χ1) is 8.77. The molecule has 2 rings (SSSR count). The van der Waals surface area contributed by atoms with Gasteiger partial charge in [0.25, 0.3) is 17.4 Å². The summed E-state index contributed by atoms with van der Waals surface area (Å²) in [6.45, 7) is 0. The van der Waals surface area contributed by atoms with Crippen molar-refractivity contribution < 1.29 is 14.7 Å². The Bertz CT molecular complexity index is 645. The maximum atomic E-state index is 11.9. The summed E-state index contributed by atoms with van der Waals surface area (Å²) in [5.41, 5.74) is -0.709. The number of nitrogens with zero attached hydrogens (tertiary/aromatic N) is 4. The van der Waals surface area contributed by atoms with Crippen LogP contribution in [0, 0.1) is 0 Å². The standard InChI is InChI=1S/C11H14N4O4/c1-12-8(16)6(9(17)13(12)2)5-7-10(18)14(3)15(4)11(7)19/h5,16H,1-4H3. The average Bonchev–Trinajstić information content (AvgIpc) is 2.68. The highest BCUT2D eigenvalue weighted by molar-refractivity contribution is 6.25. The minimum atomic E-state index is -0.516. The van der Waals surface area contributed by atoms with Gasteiger partial charge in [0, 0.05) is 28.2 Å². The molecule has 8 heteroatoms. The monoisotopic (exact) mass is 266 g/mol. The number of hydrogen-bond acceptors (Lipinski definition) is 4. The van der Waals surface area contributed by atoms with Gasteiger partial charge in [0.05, 0.1) is 0 Å². The molecule has 0 radical (unpaired) electrons. The van der Waals surface area contributed by atoms with Gasteiger partial charge in [-0.1, -0.05) is 0 Å². The molecule has 1 aromatic rings. The predicted octanol–water partition coefficient (Wildman–Crippen LogP) is -1.34. The molecule has 1 N–H and O–H groups in total. The largest absolute Gasteiger partial charge is 0.493 e. The molecule has 0 spiro atoms. The van der Waals surface area contributed by atoms with E-state index < -0.39 is 17.4 Å². The zero-order valence-corrected chi connectivity index (χ0v) is 11.0. The topological polar surface area (TPSA) is 87.8 Å². The Morgan fingerprint density at radius 1 is 0.895 bits per heavy atom. The van der Waals surface area contributed by atoms with Crippen molar-refractivity contribution in [2.45, 2.75) is 0 Å². The lowest BCUT2D eigenvalue weighted by atomic mass is 10.1. The van der Waals surface area contributed by atoms with E-state index in [-0.39, 0.29) is 17.0 Å². The summed E-state index contributed by atoms with van der Waals surface area (Å²) in [6.07, 6.45) is 1.13. The maximum Gasteiger partial charge on any atom is 0.277 e. The molecule has 0 aromatic carbocycles. The van der Waals surface area contributed by atoms with Gasteiger partial charge in [-0.3, -0.25) is 33.8 Å². The quantitative estimate of drug-likeness (QED) is 0.503. The van der Waals surface area contributed by atoms with Crippen LogP contribution in [0.1, 0.15) is 5.56 Å². The molecule has 1 aliphatic heterocycles. The number of hydrazine groups is 1. The molecule has 1 fully saturated rings. The molecule has 1 aliphatic rings. The molecule has 0 bridgehead atoms. The van der Waals surface area contributed by atoms with Gasteiger partial charge in [0.15, 0.2) is 0 Å². The van der Waals surface area contributed by atoms with Crippen LogP contribution in [-0.4, -0.2) is 50.4 Å². The van der Waals surface area contributed by atoms with Gasteiger partial charge in [-0.15, -0.1) is 0 Å². The highest BCUT2D eigenvalue weighted by Crippen LogP contribution is 2.21. The molecule has 8 nitrogen and oxygen atoms in total. The van der Waals surface area contributed by atoms with E-state index in [1.54, 1.807) is 0 Å². The van der Waals surface area contributed by atoms with Crippen LogP contribution >= 0.6 is 0 Å². The van der Waals surface area contributed by atoms with Crippen LogP contribution in [0.3, 0.4) is 0 Å². The fourth-order valence-electron chi connectivity index (χ4n) is 1.83. The Labute approximate surface area is 108 Å². The van der Waals surface area contributed by atoms with E-state index in [9.17, 15) is 19.5 Å². The first-order valence-corrected chi connectivity index (χ1v) is 5.50. The van der Waals surface area contributed by atoms with Crippen molar-refractivity contribution >= 4 is 17.9 Å². The lowest BCUT2D eigenvalue weighted by Crippen LogP contribution is -2.33. The van der Waals surface area contributed by atoms with E-state index >= 15 is 0 Å². The van der Waals surface area contributed by atoms with Gasteiger partial charge >= 0.3 is 0 Å². The fourth-order valence-corrected chi connectivity index (χ4v) is 1.83. The van der Waals surface area contributed by atoms with Crippen molar-refractivity contribution in [3.8, 4) is 5.88 Å². The number of carbonyl (C=O) groups excluding carboxylic acids is 2. The minimum Gasteiger partial charge on any atom is -0.493 e.